The van der Waals surface area contributed by atoms with E-state index in [1.54, 1.807) is 60.1 Å². The fourth-order valence-corrected chi connectivity index (χ4v) is 4.14. The van der Waals surface area contributed by atoms with Crippen LogP contribution in [0.15, 0.2) is 65.7 Å². The number of halogens is 2. The highest BCUT2D eigenvalue weighted by molar-refractivity contribution is 7.14. The Kier molecular flexibility index (Phi) is 4.93. The third kappa shape index (κ3) is 3.09. The molecule has 5 nitrogen and oxygen atoms in total. The molecule has 1 fully saturated rings. The van der Waals surface area contributed by atoms with Crippen LogP contribution in [0.25, 0.3) is 5.76 Å². The number of nitrogens with zero attached hydrogens (tertiary/aromatic N) is 2. The first-order chi connectivity index (χ1) is 13.5. The molecule has 1 aliphatic heterocycles. The monoisotopic (exact) mass is 430 g/mol. The largest absolute Gasteiger partial charge is 0.507 e. The van der Waals surface area contributed by atoms with Crippen LogP contribution in [0.4, 0.5) is 5.13 Å². The van der Waals surface area contributed by atoms with E-state index in [0.29, 0.717) is 15.7 Å². The summed E-state index contributed by atoms with van der Waals surface area (Å²) in [6.07, 6.45) is 1.55. The first-order valence-electron chi connectivity index (χ1n) is 8.20. The highest BCUT2D eigenvalue weighted by Crippen LogP contribution is 2.43. The number of hydrogen-bond donors (Lipinski definition) is 1. The first-order valence-corrected chi connectivity index (χ1v) is 9.83. The Balaban J connectivity index is 1.96. The quantitative estimate of drug-likeness (QED) is 0.357. The molecule has 1 aliphatic rings. The maximum Gasteiger partial charge on any atom is 0.301 e. The number of amides is 1. The third-order valence-electron chi connectivity index (χ3n) is 4.38. The molecule has 8 heteroatoms. The lowest BCUT2D eigenvalue weighted by molar-refractivity contribution is -0.132. The molecular formula is C20H12Cl2N2O3S. The Morgan fingerprint density at radius 2 is 1.79 bits per heavy atom. The van der Waals surface area contributed by atoms with Crippen molar-refractivity contribution >= 4 is 57.1 Å². The summed E-state index contributed by atoms with van der Waals surface area (Å²) in [5.41, 5.74) is 0.850. The molecule has 0 saturated carbocycles. The number of anilines is 1. The van der Waals surface area contributed by atoms with Crippen molar-refractivity contribution in [1.29, 1.82) is 0 Å². The van der Waals surface area contributed by atoms with Crippen molar-refractivity contribution in [2.75, 3.05) is 4.90 Å². The lowest BCUT2D eigenvalue weighted by Gasteiger charge is -2.23. The van der Waals surface area contributed by atoms with Gasteiger partial charge in [-0.2, -0.15) is 0 Å². The van der Waals surface area contributed by atoms with Crippen molar-refractivity contribution < 1.29 is 14.7 Å². The lowest BCUT2D eigenvalue weighted by Crippen LogP contribution is -2.29. The maximum atomic E-state index is 12.9. The number of carbonyl (C=O) groups is 2. The van der Waals surface area contributed by atoms with Crippen molar-refractivity contribution in [2.24, 2.45) is 0 Å². The second kappa shape index (κ2) is 7.39. The Hall–Kier alpha value is -2.67. The average Bonchev–Trinajstić information content (AvgIpc) is 3.30. The van der Waals surface area contributed by atoms with Crippen LogP contribution < -0.4 is 4.90 Å². The van der Waals surface area contributed by atoms with Gasteiger partial charge in [0, 0.05) is 22.2 Å². The SMILES string of the molecule is O=C1C(=O)N(c2nccs2)[C@H](c2ccc(Cl)cc2)C1=C(O)c1ccccc1Cl. The van der Waals surface area contributed by atoms with Crippen molar-refractivity contribution in [1.82, 2.24) is 4.98 Å². The van der Waals surface area contributed by atoms with Gasteiger partial charge >= 0.3 is 5.91 Å². The number of hydrogen-bond acceptors (Lipinski definition) is 5. The molecule has 1 amide bonds. The number of ketones is 1. The standard InChI is InChI=1S/C20H12Cl2N2O3S/c21-12-7-5-11(6-8-12)16-15(17(25)13-3-1-2-4-14(13)22)18(26)19(27)24(16)20-23-9-10-28-20/h1-10,16,25H/t16-/m1/s1. The fraction of sp³-hybridized carbons (Fsp3) is 0.0500. The van der Waals surface area contributed by atoms with Gasteiger partial charge in [0.2, 0.25) is 0 Å². The molecule has 140 valence electrons. The van der Waals surface area contributed by atoms with Crippen LogP contribution in [0, 0.1) is 0 Å². The van der Waals surface area contributed by atoms with Gasteiger partial charge < -0.3 is 5.11 Å². The van der Waals surface area contributed by atoms with Gasteiger partial charge in [-0.1, -0.05) is 47.5 Å². The number of Topliss-reactive ketones (excluding diaryl/α,β-unsaturated/α-hetero) is 1. The molecule has 1 atom stereocenters. The minimum Gasteiger partial charge on any atom is -0.507 e. The van der Waals surface area contributed by atoms with Crippen molar-refractivity contribution in [3.8, 4) is 0 Å². The Labute approximate surface area is 174 Å². The summed E-state index contributed by atoms with van der Waals surface area (Å²) in [5, 5.41) is 13.8. The Morgan fingerprint density at radius 1 is 1.07 bits per heavy atom. The predicted octanol–water partition coefficient (Wildman–Crippen LogP) is 5.08. The van der Waals surface area contributed by atoms with Crippen LogP contribution in [-0.2, 0) is 9.59 Å². The molecule has 0 aliphatic carbocycles. The summed E-state index contributed by atoms with van der Waals surface area (Å²) in [6, 6.07) is 12.5. The van der Waals surface area contributed by atoms with E-state index in [-0.39, 0.29) is 21.9 Å². The van der Waals surface area contributed by atoms with Gasteiger partial charge in [-0.05, 0) is 29.8 Å². The summed E-state index contributed by atoms with van der Waals surface area (Å²) in [4.78, 5) is 31.2. The zero-order valence-corrected chi connectivity index (χ0v) is 16.5. The van der Waals surface area contributed by atoms with Gasteiger partial charge in [-0.3, -0.25) is 14.5 Å². The number of benzene rings is 2. The summed E-state index contributed by atoms with van der Waals surface area (Å²) in [7, 11) is 0. The second-order valence-corrected chi connectivity index (χ2v) is 7.73. The van der Waals surface area contributed by atoms with E-state index in [4.69, 9.17) is 23.2 Å². The van der Waals surface area contributed by atoms with E-state index >= 15 is 0 Å². The van der Waals surface area contributed by atoms with Crippen LogP contribution in [-0.4, -0.2) is 21.8 Å². The molecule has 1 saturated heterocycles. The highest BCUT2D eigenvalue weighted by Gasteiger charge is 2.48. The normalized spacial score (nSPS) is 18.6. The summed E-state index contributed by atoms with van der Waals surface area (Å²) < 4.78 is 0. The number of aliphatic hydroxyl groups excluding tert-OH is 1. The van der Waals surface area contributed by atoms with Crippen LogP contribution in [0.2, 0.25) is 10.0 Å². The number of rotatable bonds is 3. The van der Waals surface area contributed by atoms with Crippen molar-refractivity contribution in [3.63, 3.8) is 0 Å². The highest BCUT2D eigenvalue weighted by atomic mass is 35.5. The summed E-state index contributed by atoms with van der Waals surface area (Å²) in [5.74, 6) is -1.89. The van der Waals surface area contributed by atoms with Crippen molar-refractivity contribution in [3.05, 3.63) is 86.9 Å². The summed E-state index contributed by atoms with van der Waals surface area (Å²) in [6.45, 7) is 0. The first kappa shape index (κ1) is 18.7. The van der Waals surface area contributed by atoms with Crippen LogP contribution >= 0.6 is 34.5 Å². The maximum absolute atomic E-state index is 12.9. The van der Waals surface area contributed by atoms with E-state index in [1.165, 1.54) is 16.2 Å². The summed E-state index contributed by atoms with van der Waals surface area (Å²) >= 11 is 13.4. The minimum atomic E-state index is -0.848. The van der Waals surface area contributed by atoms with Crippen LogP contribution in [0.1, 0.15) is 17.2 Å². The molecule has 0 spiro atoms. The van der Waals surface area contributed by atoms with Gasteiger partial charge in [0.25, 0.3) is 5.78 Å². The lowest BCUT2D eigenvalue weighted by atomic mass is 9.95. The third-order valence-corrected chi connectivity index (χ3v) is 5.74. The number of aliphatic hydroxyl groups is 1. The van der Waals surface area contributed by atoms with Gasteiger partial charge in [0.1, 0.15) is 5.76 Å². The molecule has 2 heterocycles. The zero-order valence-electron chi connectivity index (χ0n) is 14.2. The Morgan fingerprint density at radius 3 is 2.43 bits per heavy atom. The molecule has 28 heavy (non-hydrogen) atoms. The van der Waals surface area contributed by atoms with E-state index < -0.39 is 17.7 Å². The molecule has 0 unspecified atom stereocenters. The van der Waals surface area contributed by atoms with Gasteiger partial charge in [0.05, 0.1) is 16.6 Å². The van der Waals surface area contributed by atoms with Gasteiger partial charge in [-0.25, -0.2) is 4.98 Å². The van der Waals surface area contributed by atoms with E-state index in [2.05, 4.69) is 4.98 Å². The number of carbonyl (C=O) groups excluding carboxylic acids is 2. The fourth-order valence-electron chi connectivity index (χ4n) is 3.12. The van der Waals surface area contributed by atoms with E-state index in [0.717, 1.165) is 0 Å². The molecule has 1 N–H and O–H groups in total. The van der Waals surface area contributed by atoms with Gasteiger partial charge in [-0.15, -0.1) is 11.3 Å². The van der Waals surface area contributed by atoms with Gasteiger partial charge in [0.15, 0.2) is 5.13 Å². The zero-order chi connectivity index (χ0) is 19.8. The molecule has 4 rings (SSSR count). The topological polar surface area (TPSA) is 70.5 Å². The second-order valence-electron chi connectivity index (χ2n) is 6.02. The molecular weight excluding hydrogens is 419 g/mol. The van der Waals surface area contributed by atoms with Crippen LogP contribution in [0.3, 0.4) is 0 Å². The van der Waals surface area contributed by atoms with Crippen LogP contribution in [0.5, 0.6) is 0 Å². The average molecular weight is 431 g/mol. The van der Waals surface area contributed by atoms with Crippen molar-refractivity contribution in [2.45, 2.75) is 6.04 Å². The molecule has 0 bridgehead atoms. The van der Waals surface area contributed by atoms with E-state index in [1.807, 2.05) is 0 Å². The molecule has 1 aromatic heterocycles. The molecule has 3 aromatic rings. The molecule has 0 radical (unpaired) electrons. The smallest absolute Gasteiger partial charge is 0.301 e. The number of aromatic nitrogens is 1. The Bertz CT molecular complexity index is 1090. The van der Waals surface area contributed by atoms with E-state index in [9.17, 15) is 14.7 Å². The predicted molar refractivity (Wildman–Crippen MR) is 110 cm³/mol. The minimum absolute atomic E-state index is 0.0457. The molecule has 2 aromatic carbocycles. The number of thiazole rings is 1.